The van der Waals surface area contributed by atoms with Gasteiger partial charge in [-0.2, -0.15) is 5.10 Å². The summed E-state index contributed by atoms with van der Waals surface area (Å²) in [6.07, 6.45) is 1.33. The minimum Gasteiger partial charge on any atom is -0.375 e. The largest absolute Gasteiger partial charge is 0.375 e. The van der Waals surface area contributed by atoms with E-state index in [1.54, 1.807) is 0 Å². The molecule has 0 amide bonds. The molecular formula is C13H22BrN3O. The summed E-state index contributed by atoms with van der Waals surface area (Å²) in [6.45, 7) is 9.08. The molecule has 0 radical (unpaired) electrons. The van der Waals surface area contributed by atoms with Crippen molar-refractivity contribution in [1.29, 1.82) is 0 Å². The molecular weight excluding hydrogens is 294 g/mol. The third kappa shape index (κ3) is 3.33. The Morgan fingerprint density at radius 2 is 2.33 bits per heavy atom. The van der Waals surface area contributed by atoms with Crippen molar-refractivity contribution in [2.24, 2.45) is 0 Å². The monoisotopic (exact) mass is 315 g/mol. The molecule has 0 bridgehead atoms. The van der Waals surface area contributed by atoms with Crippen LogP contribution < -0.4 is 0 Å². The predicted octanol–water partition coefficient (Wildman–Crippen LogP) is 2.06. The highest BCUT2D eigenvalue weighted by Gasteiger charge is 2.20. The van der Waals surface area contributed by atoms with Crippen molar-refractivity contribution in [2.75, 3.05) is 25.0 Å². The fourth-order valence-corrected chi connectivity index (χ4v) is 2.73. The predicted molar refractivity (Wildman–Crippen MR) is 76.1 cm³/mol. The van der Waals surface area contributed by atoms with E-state index in [1.807, 2.05) is 0 Å². The van der Waals surface area contributed by atoms with Crippen LogP contribution in [0.4, 0.5) is 0 Å². The molecule has 1 aliphatic heterocycles. The molecule has 2 rings (SSSR count). The minimum atomic E-state index is 0.322. The molecule has 1 aliphatic rings. The first-order chi connectivity index (χ1) is 8.76. The van der Waals surface area contributed by atoms with Crippen LogP contribution >= 0.6 is 15.9 Å². The smallest absolute Gasteiger partial charge is 0.0799 e. The summed E-state index contributed by atoms with van der Waals surface area (Å²) >= 11 is 3.50. The summed E-state index contributed by atoms with van der Waals surface area (Å²) in [5.74, 6) is 0. The zero-order chi connectivity index (χ0) is 13.0. The van der Waals surface area contributed by atoms with Crippen LogP contribution in [0.5, 0.6) is 0 Å². The first-order valence-electron chi connectivity index (χ1n) is 6.72. The second kappa shape index (κ2) is 6.68. The van der Waals surface area contributed by atoms with Gasteiger partial charge >= 0.3 is 0 Å². The number of aromatic nitrogens is 2. The lowest BCUT2D eigenvalue weighted by molar-refractivity contribution is -0.0189. The second-order valence-electron chi connectivity index (χ2n) is 4.68. The highest BCUT2D eigenvalue weighted by molar-refractivity contribution is 9.09. The Morgan fingerprint density at radius 3 is 3.00 bits per heavy atom. The molecule has 1 aromatic heterocycles. The molecule has 102 valence electrons. The lowest BCUT2D eigenvalue weighted by atomic mass is 10.2. The van der Waals surface area contributed by atoms with Gasteiger partial charge < -0.3 is 4.74 Å². The molecule has 18 heavy (non-hydrogen) atoms. The Morgan fingerprint density at radius 1 is 1.50 bits per heavy atom. The Kier molecular flexibility index (Phi) is 5.21. The highest BCUT2D eigenvalue weighted by Crippen LogP contribution is 2.13. The number of nitrogens with zero attached hydrogens (tertiary/aromatic N) is 3. The van der Waals surface area contributed by atoms with Crippen molar-refractivity contribution in [2.45, 2.75) is 39.5 Å². The van der Waals surface area contributed by atoms with E-state index in [1.165, 1.54) is 11.4 Å². The van der Waals surface area contributed by atoms with E-state index in [4.69, 9.17) is 4.74 Å². The molecule has 2 heterocycles. The van der Waals surface area contributed by atoms with E-state index < -0.39 is 0 Å². The molecule has 5 heteroatoms. The Balaban J connectivity index is 2.01. The molecule has 1 atom stereocenters. The fraction of sp³-hybridized carbons (Fsp3) is 0.769. The lowest BCUT2D eigenvalue weighted by Gasteiger charge is -2.32. The third-order valence-electron chi connectivity index (χ3n) is 3.36. The topological polar surface area (TPSA) is 30.3 Å². The number of ether oxygens (including phenoxy) is 1. The standard InChI is InChI=1S/C13H22BrN3O/c1-3-11-7-12(17(4-2)15-11)9-16-5-6-18-13(8-14)10-16/h7,13H,3-6,8-10H2,1-2H3. The maximum Gasteiger partial charge on any atom is 0.0799 e. The van der Waals surface area contributed by atoms with Crippen LogP contribution in [-0.4, -0.2) is 45.8 Å². The highest BCUT2D eigenvalue weighted by atomic mass is 79.9. The van der Waals surface area contributed by atoms with Gasteiger partial charge in [0.2, 0.25) is 0 Å². The Bertz CT molecular complexity index is 380. The maximum atomic E-state index is 5.67. The fourth-order valence-electron chi connectivity index (χ4n) is 2.34. The summed E-state index contributed by atoms with van der Waals surface area (Å²) < 4.78 is 7.79. The minimum absolute atomic E-state index is 0.322. The van der Waals surface area contributed by atoms with Gasteiger partial charge in [0, 0.05) is 31.5 Å². The van der Waals surface area contributed by atoms with Gasteiger partial charge in [-0.25, -0.2) is 0 Å². The number of hydrogen-bond donors (Lipinski definition) is 0. The van der Waals surface area contributed by atoms with E-state index >= 15 is 0 Å². The molecule has 1 aromatic rings. The number of halogens is 1. The summed E-state index contributed by atoms with van der Waals surface area (Å²) in [4.78, 5) is 2.46. The number of rotatable bonds is 5. The van der Waals surface area contributed by atoms with Crippen LogP contribution in [0.15, 0.2) is 6.07 Å². The average Bonchev–Trinajstić information content (AvgIpc) is 2.81. The van der Waals surface area contributed by atoms with Crippen molar-refractivity contribution in [3.8, 4) is 0 Å². The van der Waals surface area contributed by atoms with Crippen molar-refractivity contribution >= 4 is 15.9 Å². The summed E-state index contributed by atoms with van der Waals surface area (Å²) in [6, 6.07) is 2.24. The maximum absolute atomic E-state index is 5.67. The molecule has 0 N–H and O–H groups in total. The van der Waals surface area contributed by atoms with E-state index in [0.717, 1.165) is 44.5 Å². The van der Waals surface area contributed by atoms with Gasteiger partial charge in [-0.3, -0.25) is 9.58 Å². The molecule has 1 unspecified atom stereocenters. The molecule has 0 aromatic carbocycles. The van der Waals surface area contributed by atoms with Gasteiger partial charge in [0.15, 0.2) is 0 Å². The third-order valence-corrected chi connectivity index (χ3v) is 4.08. The Hall–Kier alpha value is -0.390. The van der Waals surface area contributed by atoms with Gasteiger partial charge in [-0.15, -0.1) is 0 Å². The number of morpholine rings is 1. The van der Waals surface area contributed by atoms with E-state index in [-0.39, 0.29) is 0 Å². The van der Waals surface area contributed by atoms with Gasteiger partial charge in [-0.05, 0) is 19.4 Å². The molecule has 1 saturated heterocycles. The van der Waals surface area contributed by atoms with Crippen LogP contribution in [0.2, 0.25) is 0 Å². The van der Waals surface area contributed by atoms with E-state index in [2.05, 4.69) is 50.5 Å². The van der Waals surface area contributed by atoms with Gasteiger partial charge in [-0.1, -0.05) is 22.9 Å². The second-order valence-corrected chi connectivity index (χ2v) is 5.33. The number of hydrogen-bond acceptors (Lipinski definition) is 3. The van der Waals surface area contributed by atoms with Crippen molar-refractivity contribution in [3.63, 3.8) is 0 Å². The summed E-state index contributed by atoms with van der Waals surface area (Å²) in [5.41, 5.74) is 2.52. The van der Waals surface area contributed by atoms with Crippen molar-refractivity contribution in [1.82, 2.24) is 14.7 Å². The molecule has 0 saturated carbocycles. The lowest BCUT2D eigenvalue weighted by Crippen LogP contribution is -2.42. The average molecular weight is 316 g/mol. The molecule has 0 aliphatic carbocycles. The van der Waals surface area contributed by atoms with Crippen LogP contribution in [0.25, 0.3) is 0 Å². The van der Waals surface area contributed by atoms with Gasteiger partial charge in [0.25, 0.3) is 0 Å². The normalized spacial score (nSPS) is 21.4. The number of aryl methyl sites for hydroxylation is 2. The Labute approximate surface area is 117 Å². The van der Waals surface area contributed by atoms with Crippen LogP contribution in [0.1, 0.15) is 25.2 Å². The number of alkyl halides is 1. The quantitative estimate of drug-likeness (QED) is 0.779. The van der Waals surface area contributed by atoms with Crippen LogP contribution in [0, 0.1) is 0 Å². The van der Waals surface area contributed by atoms with E-state index in [0.29, 0.717) is 6.10 Å². The SMILES string of the molecule is CCc1cc(CN2CCOC(CBr)C2)n(CC)n1. The summed E-state index contributed by atoms with van der Waals surface area (Å²) in [7, 11) is 0. The molecule has 1 fully saturated rings. The van der Waals surface area contributed by atoms with Crippen molar-refractivity contribution in [3.05, 3.63) is 17.5 Å². The van der Waals surface area contributed by atoms with Gasteiger partial charge in [0.1, 0.15) is 0 Å². The van der Waals surface area contributed by atoms with E-state index in [9.17, 15) is 0 Å². The van der Waals surface area contributed by atoms with Crippen LogP contribution in [0.3, 0.4) is 0 Å². The first kappa shape index (κ1) is 14.0. The zero-order valence-electron chi connectivity index (χ0n) is 11.2. The first-order valence-corrected chi connectivity index (χ1v) is 7.84. The zero-order valence-corrected chi connectivity index (χ0v) is 12.8. The molecule has 0 spiro atoms. The van der Waals surface area contributed by atoms with Gasteiger partial charge in [0.05, 0.1) is 24.1 Å². The summed E-state index contributed by atoms with van der Waals surface area (Å²) in [5, 5.41) is 5.51. The van der Waals surface area contributed by atoms with Crippen molar-refractivity contribution < 1.29 is 4.74 Å². The van der Waals surface area contributed by atoms with Crippen LogP contribution in [-0.2, 0) is 24.2 Å². The molecule has 4 nitrogen and oxygen atoms in total.